The number of nitrogens with two attached hydrogens (primary N) is 1. The normalized spacial score (nSPS) is 15.5. The van der Waals surface area contributed by atoms with E-state index in [1.807, 2.05) is 27.7 Å². The average Bonchev–Trinajstić information content (AvgIpc) is 2.22. The molecule has 102 valence electrons. The third kappa shape index (κ3) is 3.75. The molecule has 1 aromatic rings. The van der Waals surface area contributed by atoms with Gasteiger partial charge in [0.05, 0.1) is 12.1 Å². The minimum absolute atomic E-state index is 0.210. The first kappa shape index (κ1) is 15.1. The lowest BCUT2D eigenvalue weighted by molar-refractivity contribution is -0.0284. The lowest BCUT2D eigenvalue weighted by Gasteiger charge is -2.35. The van der Waals surface area contributed by atoms with Crippen LogP contribution in [0.15, 0.2) is 18.2 Å². The number of benzene rings is 1. The quantitative estimate of drug-likeness (QED) is 0.897. The molecule has 18 heavy (non-hydrogen) atoms. The Hall–Kier alpha value is -1.00. The van der Waals surface area contributed by atoms with Gasteiger partial charge in [0.1, 0.15) is 11.6 Å². The highest BCUT2D eigenvalue weighted by Crippen LogP contribution is 2.31. The lowest BCUT2D eigenvalue weighted by atomic mass is 9.82. The van der Waals surface area contributed by atoms with Crippen LogP contribution >= 0.6 is 0 Å². The second-order valence-electron chi connectivity index (χ2n) is 5.47. The molecule has 0 saturated carbocycles. The largest absolute Gasteiger partial charge is 0.376 e. The van der Waals surface area contributed by atoms with Gasteiger partial charge in [-0.25, -0.2) is 8.78 Å². The summed E-state index contributed by atoms with van der Waals surface area (Å²) in [4.78, 5) is 0. The summed E-state index contributed by atoms with van der Waals surface area (Å²) in [6, 6.07) is 2.79. The molecule has 0 amide bonds. The number of hydrogen-bond donors (Lipinski definition) is 1. The van der Waals surface area contributed by atoms with Crippen LogP contribution in [0.25, 0.3) is 0 Å². The van der Waals surface area contributed by atoms with E-state index in [1.54, 1.807) is 0 Å². The Bertz CT molecular complexity index is 381. The van der Waals surface area contributed by atoms with Crippen molar-refractivity contribution >= 4 is 0 Å². The summed E-state index contributed by atoms with van der Waals surface area (Å²) in [7, 11) is 0. The molecule has 2 N–H and O–H groups in total. The van der Waals surface area contributed by atoms with E-state index in [-0.39, 0.29) is 11.5 Å². The SMILES string of the molecule is CCOC(C(N)c1cc(F)cc(F)c1)C(C)(C)C. The molecule has 0 saturated heterocycles. The van der Waals surface area contributed by atoms with Crippen molar-refractivity contribution in [2.45, 2.75) is 39.8 Å². The van der Waals surface area contributed by atoms with Crippen LogP contribution in [-0.2, 0) is 4.74 Å². The molecular formula is C14H21F2NO. The summed E-state index contributed by atoms with van der Waals surface area (Å²) >= 11 is 0. The van der Waals surface area contributed by atoms with E-state index < -0.39 is 17.7 Å². The minimum atomic E-state index is -0.621. The number of rotatable bonds is 4. The predicted octanol–water partition coefficient (Wildman–Crippen LogP) is 3.42. The van der Waals surface area contributed by atoms with Crippen molar-refractivity contribution in [3.05, 3.63) is 35.4 Å². The topological polar surface area (TPSA) is 35.2 Å². The van der Waals surface area contributed by atoms with Gasteiger partial charge in [-0.15, -0.1) is 0 Å². The maximum absolute atomic E-state index is 13.2. The fraction of sp³-hybridized carbons (Fsp3) is 0.571. The fourth-order valence-electron chi connectivity index (χ4n) is 2.01. The monoisotopic (exact) mass is 257 g/mol. The second kappa shape index (κ2) is 5.76. The van der Waals surface area contributed by atoms with E-state index in [4.69, 9.17) is 10.5 Å². The first-order valence-electron chi connectivity index (χ1n) is 6.09. The Kier molecular flexibility index (Phi) is 4.82. The first-order valence-corrected chi connectivity index (χ1v) is 6.09. The molecule has 0 aliphatic rings. The van der Waals surface area contributed by atoms with Gasteiger partial charge in [0.25, 0.3) is 0 Å². The molecule has 2 nitrogen and oxygen atoms in total. The highest BCUT2D eigenvalue weighted by molar-refractivity contribution is 5.22. The zero-order valence-corrected chi connectivity index (χ0v) is 11.3. The third-order valence-electron chi connectivity index (χ3n) is 2.80. The van der Waals surface area contributed by atoms with Gasteiger partial charge in [-0.3, -0.25) is 0 Å². The van der Waals surface area contributed by atoms with Crippen LogP contribution in [0.2, 0.25) is 0 Å². The molecule has 0 fully saturated rings. The molecule has 1 aromatic carbocycles. The molecule has 0 radical (unpaired) electrons. The lowest BCUT2D eigenvalue weighted by Crippen LogP contribution is -2.39. The minimum Gasteiger partial charge on any atom is -0.376 e. The van der Waals surface area contributed by atoms with Crippen molar-refractivity contribution in [3.8, 4) is 0 Å². The van der Waals surface area contributed by atoms with Gasteiger partial charge in [0, 0.05) is 12.7 Å². The van der Waals surface area contributed by atoms with Crippen molar-refractivity contribution in [3.63, 3.8) is 0 Å². The molecular weight excluding hydrogens is 236 g/mol. The van der Waals surface area contributed by atoms with Crippen molar-refractivity contribution in [2.75, 3.05) is 6.61 Å². The molecule has 1 rings (SSSR count). The summed E-state index contributed by atoms with van der Waals surface area (Å²) in [6.07, 6.45) is -0.302. The molecule has 0 spiro atoms. The molecule has 4 heteroatoms. The average molecular weight is 257 g/mol. The smallest absolute Gasteiger partial charge is 0.126 e. The second-order valence-corrected chi connectivity index (χ2v) is 5.47. The zero-order valence-electron chi connectivity index (χ0n) is 11.3. The fourth-order valence-corrected chi connectivity index (χ4v) is 2.01. The number of ether oxygens (including phenoxy) is 1. The maximum atomic E-state index is 13.2. The Morgan fingerprint density at radius 1 is 1.17 bits per heavy atom. The third-order valence-corrected chi connectivity index (χ3v) is 2.80. The van der Waals surface area contributed by atoms with Crippen LogP contribution in [-0.4, -0.2) is 12.7 Å². The molecule has 0 aromatic heterocycles. The van der Waals surface area contributed by atoms with Crippen LogP contribution in [0.4, 0.5) is 8.78 Å². The number of halogens is 2. The van der Waals surface area contributed by atoms with Gasteiger partial charge in [-0.1, -0.05) is 20.8 Å². The highest BCUT2D eigenvalue weighted by Gasteiger charge is 2.32. The van der Waals surface area contributed by atoms with Crippen LogP contribution in [0.3, 0.4) is 0 Å². The van der Waals surface area contributed by atoms with Gasteiger partial charge in [-0.05, 0) is 30.0 Å². The van der Waals surface area contributed by atoms with Crippen LogP contribution in [0.5, 0.6) is 0 Å². The molecule has 2 atom stereocenters. The van der Waals surface area contributed by atoms with Crippen molar-refractivity contribution < 1.29 is 13.5 Å². The van der Waals surface area contributed by atoms with E-state index in [0.717, 1.165) is 6.07 Å². The van der Waals surface area contributed by atoms with Crippen molar-refractivity contribution in [1.82, 2.24) is 0 Å². The van der Waals surface area contributed by atoms with Gasteiger partial charge >= 0.3 is 0 Å². The molecule has 0 heterocycles. The van der Waals surface area contributed by atoms with E-state index in [1.165, 1.54) is 12.1 Å². The van der Waals surface area contributed by atoms with Crippen LogP contribution < -0.4 is 5.73 Å². The Morgan fingerprint density at radius 2 is 1.67 bits per heavy atom. The first-order chi connectivity index (χ1) is 8.25. The standard InChI is InChI=1S/C14H21F2NO/c1-5-18-13(14(2,3)4)12(17)9-6-10(15)8-11(16)7-9/h6-8,12-13H,5,17H2,1-4H3. The van der Waals surface area contributed by atoms with Crippen LogP contribution in [0.1, 0.15) is 39.3 Å². The van der Waals surface area contributed by atoms with Gasteiger partial charge in [-0.2, -0.15) is 0 Å². The van der Waals surface area contributed by atoms with Gasteiger partial charge in [0.15, 0.2) is 0 Å². The summed E-state index contributed by atoms with van der Waals surface area (Å²) in [5.41, 5.74) is 6.30. The van der Waals surface area contributed by atoms with Crippen LogP contribution in [0, 0.1) is 17.0 Å². The predicted molar refractivity (Wildman–Crippen MR) is 68.2 cm³/mol. The summed E-state index contributed by atoms with van der Waals surface area (Å²) in [5, 5.41) is 0. The summed E-state index contributed by atoms with van der Waals surface area (Å²) in [6.45, 7) is 8.35. The maximum Gasteiger partial charge on any atom is 0.126 e. The van der Waals surface area contributed by atoms with Crippen molar-refractivity contribution in [1.29, 1.82) is 0 Å². The van der Waals surface area contributed by atoms with E-state index >= 15 is 0 Å². The van der Waals surface area contributed by atoms with E-state index in [0.29, 0.717) is 12.2 Å². The molecule has 0 aliphatic carbocycles. The van der Waals surface area contributed by atoms with Gasteiger partial charge < -0.3 is 10.5 Å². The Balaban J connectivity index is 3.05. The zero-order chi connectivity index (χ0) is 13.9. The van der Waals surface area contributed by atoms with Crippen molar-refractivity contribution in [2.24, 2.45) is 11.1 Å². The summed E-state index contributed by atoms with van der Waals surface area (Å²) in [5.74, 6) is -1.24. The molecule has 0 aliphatic heterocycles. The molecule has 2 unspecified atom stereocenters. The highest BCUT2D eigenvalue weighted by atomic mass is 19.1. The Morgan fingerprint density at radius 3 is 2.06 bits per heavy atom. The Labute approximate surface area is 107 Å². The number of hydrogen-bond acceptors (Lipinski definition) is 2. The molecule has 0 bridgehead atoms. The summed E-state index contributed by atoms with van der Waals surface area (Å²) < 4.78 is 32.0. The van der Waals surface area contributed by atoms with Gasteiger partial charge in [0.2, 0.25) is 0 Å². The van der Waals surface area contributed by atoms with E-state index in [9.17, 15) is 8.78 Å². The van der Waals surface area contributed by atoms with E-state index in [2.05, 4.69) is 0 Å².